The molecule has 0 aliphatic carbocycles. The van der Waals surface area contributed by atoms with E-state index >= 15 is 0 Å². The lowest BCUT2D eigenvalue weighted by molar-refractivity contribution is 0.912. The molecule has 0 bridgehead atoms. The smallest absolute Gasteiger partial charge is 0.171 e. The highest BCUT2D eigenvalue weighted by atomic mass is 79.9. The number of halogens is 2. The third kappa shape index (κ3) is 2.05. The Bertz CT molecular complexity index is 486. The van der Waals surface area contributed by atoms with Crippen LogP contribution in [0.2, 0.25) is 0 Å². The zero-order chi connectivity index (χ0) is 10.8. The molecule has 0 aliphatic heterocycles. The molecule has 0 fully saturated rings. The van der Waals surface area contributed by atoms with E-state index in [9.17, 15) is 3.89 Å². The normalized spacial score (nSPS) is 10.6. The quantitative estimate of drug-likeness (QED) is 0.848. The largest absolute Gasteiger partial charge is 0.251 e. The summed E-state index contributed by atoms with van der Waals surface area (Å²) in [4.78, 5) is 8.41. The highest BCUT2D eigenvalue weighted by Crippen LogP contribution is 2.28. The predicted octanol–water partition coefficient (Wildman–Crippen LogP) is 3.40. The van der Waals surface area contributed by atoms with Gasteiger partial charge in [-0.05, 0) is 35.0 Å². The van der Waals surface area contributed by atoms with Crippen LogP contribution < -0.4 is 0 Å². The number of hydrogen-bond donors (Lipinski definition) is 0. The minimum atomic E-state index is 0.0946. The summed E-state index contributed by atoms with van der Waals surface area (Å²) in [6.07, 6.45) is 1.41. The number of imidazole rings is 1. The topological polar surface area (TPSA) is 30.7 Å². The molecule has 2 rings (SSSR count). The third-order valence-corrected chi connectivity index (χ3v) is 3.30. The van der Waals surface area contributed by atoms with Gasteiger partial charge in [-0.2, -0.15) is 0 Å². The van der Waals surface area contributed by atoms with E-state index in [0.29, 0.717) is 10.3 Å². The van der Waals surface area contributed by atoms with Crippen molar-refractivity contribution in [1.29, 1.82) is 0 Å². The van der Waals surface area contributed by atoms with Crippen LogP contribution in [0.15, 0.2) is 29.1 Å². The lowest BCUT2D eigenvalue weighted by Gasteiger charge is -1.99. The summed E-state index contributed by atoms with van der Waals surface area (Å²) >= 11 is 3.37. The van der Waals surface area contributed by atoms with Crippen LogP contribution in [-0.4, -0.2) is 13.9 Å². The van der Waals surface area contributed by atoms with E-state index in [1.807, 2.05) is 25.1 Å². The average Bonchev–Trinajstić information content (AvgIpc) is 2.59. The fourth-order valence-corrected chi connectivity index (χ4v) is 2.00. The fraction of sp³-hybridized carbons (Fsp3) is 0.111. The second-order valence-corrected chi connectivity index (χ2v) is 4.23. The van der Waals surface area contributed by atoms with Gasteiger partial charge in [0.15, 0.2) is 12.3 Å². The van der Waals surface area contributed by atoms with Gasteiger partial charge >= 0.3 is 0 Å². The minimum absolute atomic E-state index is 0.0946. The second-order valence-electron chi connectivity index (χ2n) is 2.94. The molecule has 2 aromatic rings. The zero-order valence-electron chi connectivity index (χ0n) is 7.82. The number of aryl methyl sites for hydroxylation is 1. The van der Waals surface area contributed by atoms with Crippen LogP contribution in [0.3, 0.4) is 0 Å². The van der Waals surface area contributed by atoms with Crippen molar-refractivity contribution >= 4 is 28.3 Å². The second kappa shape index (κ2) is 4.32. The first kappa shape index (κ1) is 10.6. The van der Waals surface area contributed by atoms with Crippen LogP contribution in [0.1, 0.15) is 5.69 Å². The number of hydrogen-bond acceptors (Lipinski definition) is 3. The first-order valence-corrected chi connectivity index (χ1v) is 5.65. The van der Waals surface area contributed by atoms with E-state index in [4.69, 9.17) is 0 Å². The SMILES string of the molecule is Cc1cccc(-c2ncn(SF)c2Br)n1. The minimum Gasteiger partial charge on any atom is -0.251 e. The Labute approximate surface area is 99.3 Å². The fourth-order valence-electron chi connectivity index (χ4n) is 1.21. The van der Waals surface area contributed by atoms with E-state index in [0.717, 1.165) is 11.4 Å². The molecular weight excluding hydrogens is 281 g/mol. The molecule has 0 amide bonds. The molecule has 0 spiro atoms. The van der Waals surface area contributed by atoms with Crippen molar-refractivity contribution in [3.63, 3.8) is 0 Å². The molecule has 2 heterocycles. The molecule has 0 N–H and O–H groups in total. The van der Waals surface area contributed by atoms with E-state index < -0.39 is 0 Å². The van der Waals surface area contributed by atoms with Crippen LogP contribution >= 0.6 is 28.3 Å². The Morgan fingerprint density at radius 1 is 1.47 bits per heavy atom. The van der Waals surface area contributed by atoms with Crippen molar-refractivity contribution in [1.82, 2.24) is 13.9 Å². The van der Waals surface area contributed by atoms with Crippen LogP contribution in [0.4, 0.5) is 3.89 Å². The highest BCUT2D eigenvalue weighted by molar-refractivity contribution is 9.10. The monoisotopic (exact) mass is 287 g/mol. The van der Waals surface area contributed by atoms with Gasteiger partial charge in [0.25, 0.3) is 0 Å². The molecule has 15 heavy (non-hydrogen) atoms. The lowest BCUT2D eigenvalue weighted by Crippen LogP contribution is -1.87. The summed E-state index contributed by atoms with van der Waals surface area (Å²) in [7, 11) is 0. The summed E-state index contributed by atoms with van der Waals surface area (Å²) in [6.45, 7) is 1.90. The Balaban J connectivity index is 2.49. The van der Waals surface area contributed by atoms with Crippen molar-refractivity contribution in [2.24, 2.45) is 0 Å². The van der Waals surface area contributed by atoms with Gasteiger partial charge < -0.3 is 0 Å². The first-order chi connectivity index (χ1) is 7.22. The van der Waals surface area contributed by atoms with Crippen molar-refractivity contribution in [2.45, 2.75) is 6.92 Å². The van der Waals surface area contributed by atoms with E-state index in [1.54, 1.807) is 0 Å². The van der Waals surface area contributed by atoms with E-state index in [1.165, 1.54) is 10.3 Å². The zero-order valence-corrected chi connectivity index (χ0v) is 10.2. The van der Waals surface area contributed by atoms with Crippen LogP contribution in [0, 0.1) is 6.92 Å². The van der Waals surface area contributed by atoms with Gasteiger partial charge in [-0.3, -0.25) is 4.98 Å². The van der Waals surface area contributed by atoms with Gasteiger partial charge in [-0.15, -0.1) is 3.89 Å². The summed E-state index contributed by atoms with van der Waals surface area (Å²) < 4.78 is 14.3. The Hall–Kier alpha value is -0.880. The Morgan fingerprint density at radius 3 is 2.87 bits per heavy atom. The molecule has 0 saturated carbocycles. The predicted molar refractivity (Wildman–Crippen MR) is 62.0 cm³/mol. The van der Waals surface area contributed by atoms with Gasteiger partial charge in [0.2, 0.25) is 0 Å². The Kier molecular flexibility index (Phi) is 3.06. The number of nitrogens with zero attached hydrogens (tertiary/aromatic N) is 3. The molecular formula is C9H7BrFN3S. The molecule has 0 saturated heterocycles. The molecule has 3 nitrogen and oxygen atoms in total. The molecule has 2 aromatic heterocycles. The standard InChI is InChI=1S/C9H7BrFN3S/c1-6-3-2-4-7(13-6)8-9(10)14(15-11)5-12-8/h2-5H,1H3. The number of rotatable bonds is 2. The van der Waals surface area contributed by atoms with Crippen LogP contribution in [-0.2, 0) is 0 Å². The maximum Gasteiger partial charge on any atom is 0.171 e. The van der Waals surface area contributed by atoms with Gasteiger partial charge in [-0.25, -0.2) is 8.96 Å². The number of pyridine rings is 1. The van der Waals surface area contributed by atoms with Gasteiger partial charge in [0.1, 0.15) is 16.6 Å². The molecule has 0 aromatic carbocycles. The molecule has 0 radical (unpaired) electrons. The maximum atomic E-state index is 12.4. The maximum absolute atomic E-state index is 12.4. The van der Waals surface area contributed by atoms with Crippen molar-refractivity contribution in [3.8, 4) is 11.4 Å². The van der Waals surface area contributed by atoms with E-state index in [-0.39, 0.29) is 12.3 Å². The molecule has 0 aliphatic rings. The summed E-state index contributed by atoms with van der Waals surface area (Å²) in [5.74, 6) is 0. The molecule has 0 unspecified atom stereocenters. The average molecular weight is 288 g/mol. The summed E-state index contributed by atoms with van der Waals surface area (Å²) in [6, 6.07) is 5.64. The van der Waals surface area contributed by atoms with Crippen molar-refractivity contribution in [3.05, 3.63) is 34.8 Å². The summed E-state index contributed by atoms with van der Waals surface area (Å²) in [5, 5.41) is 0. The molecule has 6 heteroatoms. The van der Waals surface area contributed by atoms with E-state index in [2.05, 4.69) is 25.9 Å². The Morgan fingerprint density at radius 2 is 2.27 bits per heavy atom. The molecule has 78 valence electrons. The third-order valence-electron chi connectivity index (χ3n) is 1.89. The number of aromatic nitrogens is 3. The van der Waals surface area contributed by atoms with Crippen molar-refractivity contribution < 1.29 is 3.89 Å². The van der Waals surface area contributed by atoms with Crippen LogP contribution in [0.25, 0.3) is 11.4 Å². The van der Waals surface area contributed by atoms with Gasteiger partial charge in [0, 0.05) is 5.69 Å². The summed E-state index contributed by atoms with van der Waals surface area (Å²) in [5.41, 5.74) is 2.28. The van der Waals surface area contributed by atoms with Gasteiger partial charge in [0.05, 0.1) is 5.69 Å². The highest BCUT2D eigenvalue weighted by Gasteiger charge is 2.11. The molecule has 0 atom stereocenters. The van der Waals surface area contributed by atoms with Crippen molar-refractivity contribution in [2.75, 3.05) is 0 Å². The van der Waals surface area contributed by atoms with Crippen LogP contribution in [0.5, 0.6) is 0 Å². The lowest BCUT2D eigenvalue weighted by atomic mass is 10.2. The van der Waals surface area contributed by atoms with Gasteiger partial charge in [-0.1, -0.05) is 6.07 Å². The first-order valence-electron chi connectivity index (χ1n) is 4.18.